The summed E-state index contributed by atoms with van der Waals surface area (Å²) in [5.41, 5.74) is 0.532. The van der Waals surface area contributed by atoms with E-state index in [1.165, 1.54) is 25.7 Å². The van der Waals surface area contributed by atoms with Crippen molar-refractivity contribution in [1.82, 2.24) is 5.32 Å². The normalized spacial score (nSPS) is 21.6. The van der Waals surface area contributed by atoms with Gasteiger partial charge in [0.05, 0.1) is 12.1 Å². The summed E-state index contributed by atoms with van der Waals surface area (Å²) in [7, 11) is 0. The second-order valence-corrected chi connectivity index (χ2v) is 4.18. The first-order valence-corrected chi connectivity index (χ1v) is 5.39. The molecule has 0 aromatic carbocycles. The lowest BCUT2D eigenvalue weighted by molar-refractivity contribution is 0.121. The van der Waals surface area contributed by atoms with E-state index >= 15 is 0 Å². The van der Waals surface area contributed by atoms with Gasteiger partial charge in [-0.2, -0.15) is 5.26 Å². The second-order valence-electron chi connectivity index (χ2n) is 4.18. The third-order valence-corrected chi connectivity index (χ3v) is 3.45. The van der Waals surface area contributed by atoms with Gasteiger partial charge in [-0.15, -0.1) is 0 Å². The summed E-state index contributed by atoms with van der Waals surface area (Å²) in [5, 5.41) is 12.1. The smallest absolute Gasteiger partial charge is 0.0950 e. The van der Waals surface area contributed by atoms with Crippen LogP contribution in [0.25, 0.3) is 0 Å². The Morgan fingerprint density at radius 3 is 2.46 bits per heavy atom. The summed E-state index contributed by atoms with van der Waals surface area (Å²) in [5.74, 6) is 0. The molecular weight excluding hydrogens is 160 g/mol. The van der Waals surface area contributed by atoms with Crippen LogP contribution < -0.4 is 5.32 Å². The van der Waals surface area contributed by atoms with Gasteiger partial charge in [0.15, 0.2) is 0 Å². The van der Waals surface area contributed by atoms with Crippen molar-refractivity contribution in [2.24, 2.45) is 5.41 Å². The molecule has 2 heteroatoms. The minimum Gasteiger partial charge on any atom is -0.301 e. The maximum Gasteiger partial charge on any atom is 0.0950 e. The van der Waals surface area contributed by atoms with Gasteiger partial charge in [-0.25, -0.2) is 0 Å². The van der Waals surface area contributed by atoms with Gasteiger partial charge in [0, 0.05) is 6.54 Å². The Kier molecular flexibility index (Phi) is 3.74. The summed E-state index contributed by atoms with van der Waals surface area (Å²) in [6.45, 7) is 5.35. The largest absolute Gasteiger partial charge is 0.301 e. The predicted octanol–water partition coefficient (Wildman–Crippen LogP) is 2.46. The summed E-state index contributed by atoms with van der Waals surface area (Å²) in [4.78, 5) is 0. The monoisotopic (exact) mass is 180 g/mol. The number of nitriles is 1. The van der Waals surface area contributed by atoms with Crippen LogP contribution in [0.3, 0.4) is 0 Å². The molecule has 1 rings (SSSR count). The molecule has 1 N–H and O–H groups in total. The SMILES string of the molecule is CCC(C#N)NCC1(CC)CCC1. The van der Waals surface area contributed by atoms with Gasteiger partial charge >= 0.3 is 0 Å². The standard InChI is InChI=1S/C11H20N2/c1-3-10(8-12)13-9-11(4-2)6-5-7-11/h10,13H,3-7,9H2,1-2H3. The Bertz CT molecular complexity index is 183. The van der Waals surface area contributed by atoms with Crippen LogP contribution in [0.2, 0.25) is 0 Å². The Balaban J connectivity index is 2.28. The van der Waals surface area contributed by atoms with E-state index in [0.717, 1.165) is 13.0 Å². The lowest BCUT2D eigenvalue weighted by Crippen LogP contribution is -2.42. The maximum absolute atomic E-state index is 8.77. The van der Waals surface area contributed by atoms with Crippen molar-refractivity contribution in [2.45, 2.75) is 52.0 Å². The van der Waals surface area contributed by atoms with Crippen molar-refractivity contribution < 1.29 is 0 Å². The van der Waals surface area contributed by atoms with Gasteiger partial charge in [-0.05, 0) is 31.1 Å². The molecule has 1 fully saturated rings. The van der Waals surface area contributed by atoms with E-state index in [4.69, 9.17) is 5.26 Å². The van der Waals surface area contributed by atoms with E-state index in [2.05, 4.69) is 25.2 Å². The Hall–Kier alpha value is -0.550. The molecule has 1 aliphatic carbocycles. The first-order valence-electron chi connectivity index (χ1n) is 5.39. The molecular formula is C11H20N2. The topological polar surface area (TPSA) is 35.8 Å². The Morgan fingerprint density at radius 2 is 2.15 bits per heavy atom. The lowest BCUT2D eigenvalue weighted by atomic mass is 9.67. The van der Waals surface area contributed by atoms with E-state index in [-0.39, 0.29) is 6.04 Å². The van der Waals surface area contributed by atoms with Gasteiger partial charge in [-0.1, -0.05) is 20.3 Å². The molecule has 13 heavy (non-hydrogen) atoms. The minimum absolute atomic E-state index is 0.0593. The molecule has 0 amide bonds. The van der Waals surface area contributed by atoms with Crippen molar-refractivity contribution in [3.05, 3.63) is 0 Å². The first kappa shape index (κ1) is 10.5. The van der Waals surface area contributed by atoms with Crippen LogP contribution in [0.4, 0.5) is 0 Å². The summed E-state index contributed by atoms with van der Waals surface area (Å²) in [6.07, 6.45) is 6.23. The first-order chi connectivity index (χ1) is 6.26. The Labute approximate surface area is 81.3 Å². The van der Waals surface area contributed by atoms with Crippen LogP contribution in [0.5, 0.6) is 0 Å². The van der Waals surface area contributed by atoms with Crippen molar-refractivity contribution in [1.29, 1.82) is 5.26 Å². The van der Waals surface area contributed by atoms with E-state index in [9.17, 15) is 0 Å². The fourth-order valence-corrected chi connectivity index (χ4v) is 1.95. The number of rotatable bonds is 5. The van der Waals surface area contributed by atoms with E-state index in [0.29, 0.717) is 5.41 Å². The molecule has 1 aliphatic rings. The Morgan fingerprint density at radius 1 is 1.46 bits per heavy atom. The molecule has 2 nitrogen and oxygen atoms in total. The molecule has 1 saturated carbocycles. The highest BCUT2D eigenvalue weighted by Crippen LogP contribution is 2.43. The summed E-state index contributed by atoms with van der Waals surface area (Å²) in [6, 6.07) is 2.34. The number of hydrogen-bond acceptors (Lipinski definition) is 2. The predicted molar refractivity (Wildman–Crippen MR) is 54.3 cm³/mol. The molecule has 0 saturated heterocycles. The maximum atomic E-state index is 8.77. The fourth-order valence-electron chi connectivity index (χ4n) is 1.95. The molecule has 0 spiro atoms. The highest BCUT2D eigenvalue weighted by molar-refractivity contribution is 4.94. The molecule has 0 heterocycles. The zero-order chi connectivity index (χ0) is 9.73. The van der Waals surface area contributed by atoms with Crippen molar-refractivity contribution in [3.63, 3.8) is 0 Å². The van der Waals surface area contributed by atoms with Gasteiger partial charge in [0.25, 0.3) is 0 Å². The molecule has 1 unspecified atom stereocenters. The highest BCUT2D eigenvalue weighted by Gasteiger charge is 2.34. The lowest BCUT2D eigenvalue weighted by Gasteiger charge is -2.42. The average molecular weight is 180 g/mol. The van der Waals surface area contributed by atoms with E-state index in [1.807, 2.05) is 0 Å². The van der Waals surface area contributed by atoms with Crippen LogP contribution in [0.1, 0.15) is 46.0 Å². The van der Waals surface area contributed by atoms with Crippen LogP contribution in [0, 0.1) is 16.7 Å². The van der Waals surface area contributed by atoms with Gasteiger partial charge in [0.1, 0.15) is 0 Å². The van der Waals surface area contributed by atoms with Gasteiger partial charge in [-0.3, -0.25) is 0 Å². The third kappa shape index (κ3) is 2.45. The van der Waals surface area contributed by atoms with Gasteiger partial charge < -0.3 is 5.32 Å². The molecule has 0 bridgehead atoms. The minimum atomic E-state index is 0.0593. The van der Waals surface area contributed by atoms with E-state index < -0.39 is 0 Å². The average Bonchev–Trinajstić information content (AvgIpc) is 2.10. The van der Waals surface area contributed by atoms with Crippen molar-refractivity contribution in [2.75, 3.05) is 6.54 Å². The van der Waals surface area contributed by atoms with Gasteiger partial charge in [0.2, 0.25) is 0 Å². The van der Waals surface area contributed by atoms with E-state index in [1.54, 1.807) is 0 Å². The highest BCUT2D eigenvalue weighted by atomic mass is 14.9. The quantitative estimate of drug-likeness (QED) is 0.705. The molecule has 0 aliphatic heterocycles. The van der Waals surface area contributed by atoms with Crippen LogP contribution in [-0.4, -0.2) is 12.6 Å². The van der Waals surface area contributed by atoms with Crippen molar-refractivity contribution >= 4 is 0 Å². The molecule has 0 aromatic heterocycles. The van der Waals surface area contributed by atoms with Crippen molar-refractivity contribution in [3.8, 4) is 6.07 Å². The number of nitrogens with zero attached hydrogens (tertiary/aromatic N) is 1. The number of hydrogen-bond donors (Lipinski definition) is 1. The fraction of sp³-hybridized carbons (Fsp3) is 0.909. The van der Waals surface area contributed by atoms with Crippen LogP contribution in [0.15, 0.2) is 0 Å². The zero-order valence-corrected chi connectivity index (χ0v) is 8.77. The molecule has 0 aromatic rings. The second kappa shape index (κ2) is 4.62. The van der Waals surface area contributed by atoms with Crippen LogP contribution in [-0.2, 0) is 0 Å². The summed E-state index contributed by atoms with van der Waals surface area (Å²) >= 11 is 0. The molecule has 0 radical (unpaired) electrons. The third-order valence-electron chi connectivity index (χ3n) is 3.45. The molecule has 1 atom stereocenters. The number of nitrogens with one attached hydrogen (secondary N) is 1. The zero-order valence-electron chi connectivity index (χ0n) is 8.77. The summed E-state index contributed by atoms with van der Waals surface area (Å²) < 4.78 is 0. The van der Waals surface area contributed by atoms with Crippen LogP contribution >= 0.6 is 0 Å². The molecule has 74 valence electrons.